The fourth-order valence-corrected chi connectivity index (χ4v) is 1.93. The molecular weight excluding hydrogens is 236 g/mol. The van der Waals surface area contributed by atoms with Crippen molar-refractivity contribution >= 4 is 5.91 Å². The predicted octanol–water partition coefficient (Wildman–Crippen LogP) is 2.52. The highest BCUT2D eigenvalue weighted by Gasteiger charge is 1.99. The quantitative estimate of drug-likeness (QED) is 0.636. The van der Waals surface area contributed by atoms with Gasteiger partial charge in [0.05, 0.1) is 6.54 Å². The van der Waals surface area contributed by atoms with E-state index in [9.17, 15) is 4.79 Å². The van der Waals surface area contributed by atoms with Crippen LogP contribution in [-0.2, 0) is 11.2 Å². The number of hydrogen-bond acceptors (Lipinski definition) is 2. The van der Waals surface area contributed by atoms with E-state index in [1.807, 2.05) is 6.07 Å². The lowest BCUT2D eigenvalue weighted by Gasteiger charge is -2.06. The first-order valence-corrected chi connectivity index (χ1v) is 7.34. The molecule has 0 saturated heterocycles. The molecule has 3 heteroatoms. The smallest absolute Gasteiger partial charge is 0.233 e. The molecule has 0 aromatic heterocycles. The first kappa shape index (κ1) is 15.7. The van der Waals surface area contributed by atoms with E-state index in [1.165, 1.54) is 18.4 Å². The van der Waals surface area contributed by atoms with Crippen LogP contribution in [0.1, 0.15) is 38.2 Å². The summed E-state index contributed by atoms with van der Waals surface area (Å²) in [5, 5.41) is 6.11. The van der Waals surface area contributed by atoms with E-state index in [-0.39, 0.29) is 5.91 Å². The Bertz CT molecular complexity index is 338. The maximum atomic E-state index is 11.5. The molecule has 2 N–H and O–H groups in total. The van der Waals surface area contributed by atoms with Crippen molar-refractivity contribution in [1.82, 2.24) is 10.6 Å². The fraction of sp³-hybridized carbons (Fsp3) is 0.562. The molecule has 3 nitrogen and oxygen atoms in total. The van der Waals surface area contributed by atoms with E-state index >= 15 is 0 Å². The first-order valence-electron chi connectivity index (χ1n) is 7.34. The van der Waals surface area contributed by atoms with Crippen molar-refractivity contribution in [2.75, 3.05) is 19.6 Å². The Hall–Kier alpha value is -1.35. The molecule has 0 heterocycles. The van der Waals surface area contributed by atoms with Crippen molar-refractivity contribution in [3.8, 4) is 0 Å². The highest BCUT2D eigenvalue weighted by atomic mass is 16.1. The molecule has 19 heavy (non-hydrogen) atoms. The number of carbonyl (C=O) groups excluding carboxylic acids is 1. The van der Waals surface area contributed by atoms with E-state index in [2.05, 4.69) is 41.8 Å². The number of rotatable bonds is 10. The van der Waals surface area contributed by atoms with Crippen LogP contribution >= 0.6 is 0 Å². The third-order valence-corrected chi connectivity index (χ3v) is 3.05. The monoisotopic (exact) mass is 262 g/mol. The molecule has 1 aromatic rings. The Balaban J connectivity index is 1.94. The van der Waals surface area contributed by atoms with E-state index < -0.39 is 0 Å². The highest BCUT2D eigenvalue weighted by Crippen LogP contribution is 2.01. The van der Waals surface area contributed by atoms with Crippen LogP contribution < -0.4 is 10.6 Å². The van der Waals surface area contributed by atoms with Crippen molar-refractivity contribution < 1.29 is 4.79 Å². The zero-order chi connectivity index (χ0) is 13.8. The third kappa shape index (κ3) is 8.38. The summed E-state index contributed by atoms with van der Waals surface area (Å²) in [5.41, 5.74) is 1.35. The molecule has 0 aliphatic carbocycles. The van der Waals surface area contributed by atoms with Gasteiger partial charge >= 0.3 is 0 Å². The number of nitrogens with one attached hydrogen (secondary N) is 2. The highest BCUT2D eigenvalue weighted by molar-refractivity contribution is 5.77. The van der Waals surface area contributed by atoms with Gasteiger partial charge in [-0.25, -0.2) is 0 Å². The third-order valence-electron chi connectivity index (χ3n) is 3.05. The molecule has 0 bridgehead atoms. The average molecular weight is 262 g/mol. The molecule has 0 saturated carbocycles. The number of amides is 1. The maximum Gasteiger partial charge on any atom is 0.233 e. The van der Waals surface area contributed by atoms with Crippen LogP contribution in [0.15, 0.2) is 30.3 Å². The minimum Gasteiger partial charge on any atom is -0.355 e. The number of unbranched alkanes of at least 4 members (excludes halogenated alkanes) is 2. The molecule has 0 radical (unpaired) electrons. The van der Waals surface area contributed by atoms with Crippen molar-refractivity contribution in [1.29, 1.82) is 0 Å². The average Bonchev–Trinajstić information content (AvgIpc) is 2.44. The van der Waals surface area contributed by atoms with Crippen molar-refractivity contribution in [3.05, 3.63) is 35.9 Å². The van der Waals surface area contributed by atoms with Gasteiger partial charge in [-0.1, -0.05) is 50.1 Å². The van der Waals surface area contributed by atoms with Gasteiger partial charge in [0, 0.05) is 6.54 Å². The van der Waals surface area contributed by atoms with Gasteiger partial charge < -0.3 is 10.6 Å². The molecule has 0 atom stereocenters. The lowest BCUT2D eigenvalue weighted by Crippen LogP contribution is -2.34. The van der Waals surface area contributed by atoms with Crippen LogP contribution in [0, 0.1) is 0 Å². The summed E-state index contributed by atoms with van der Waals surface area (Å²) in [4.78, 5) is 11.5. The fourth-order valence-electron chi connectivity index (χ4n) is 1.93. The molecule has 0 aliphatic rings. The molecule has 1 rings (SSSR count). The molecule has 0 unspecified atom stereocenters. The Kier molecular flexibility index (Phi) is 8.73. The number of carbonyl (C=O) groups is 1. The van der Waals surface area contributed by atoms with Crippen molar-refractivity contribution in [2.24, 2.45) is 0 Å². The summed E-state index contributed by atoms with van der Waals surface area (Å²) >= 11 is 0. The number of hydrogen-bond donors (Lipinski definition) is 2. The summed E-state index contributed by atoms with van der Waals surface area (Å²) in [6, 6.07) is 10.4. The number of aryl methyl sites for hydroxylation is 1. The van der Waals surface area contributed by atoms with Crippen LogP contribution in [-0.4, -0.2) is 25.5 Å². The van der Waals surface area contributed by atoms with Gasteiger partial charge in [-0.3, -0.25) is 4.79 Å². The summed E-state index contributed by atoms with van der Waals surface area (Å²) in [6.07, 6.45) is 5.58. The summed E-state index contributed by atoms with van der Waals surface area (Å²) in [5.74, 6) is 0.107. The van der Waals surface area contributed by atoms with E-state index in [0.717, 1.165) is 32.4 Å². The SMILES string of the molecule is CCCCCNC(=O)CNCCCc1ccccc1. The van der Waals surface area contributed by atoms with E-state index in [1.54, 1.807) is 0 Å². The summed E-state index contributed by atoms with van der Waals surface area (Å²) in [6.45, 7) is 4.28. The molecule has 0 aliphatic heterocycles. The van der Waals surface area contributed by atoms with Gasteiger partial charge in [-0.05, 0) is 31.4 Å². The van der Waals surface area contributed by atoms with Gasteiger partial charge in [0.15, 0.2) is 0 Å². The summed E-state index contributed by atoms with van der Waals surface area (Å²) in [7, 11) is 0. The molecule has 1 aromatic carbocycles. The zero-order valence-corrected chi connectivity index (χ0v) is 12.0. The topological polar surface area (TPSA) is 41.1 Å². The normalized spacial score (nSPS) is 10.4. The zero-order valence-electron chi connectivity index (χ0n) is 12.0. The Morgan fingerprint density at radius 3 is 2.58 bits per heavy atom. The molecule has 106 valence electrons. The molecule has 0 fully saturated rings. The van der Waals surface area contributed by atoms with Gasteiger partial charge in [0.2, 0.25) is 5.91 Å². The second kappa shape index (κ2) is 10.6. The minimum atomic E-state index is 0.107. The van der Waals surface area contributed by atoms with Crippen LogP contribution in [0.2, 0.25) is 0 Å². The Labute approximate surface area is 116 Å². The van der Waals surface area contributed by atoms with Crippen LogP contribution in [0.4, 0.5) is 0 Å². The van der Waals surface area contributed by atoms with Gasteiger partial charge in [-0.15, -0.1) is 0 Å². The van der Waals surface area contributed by atoms with E-state index in [0.29, 0.717) is 6.54 Å². The van der Waals surface area contributed by atoms with Gasteiger partial charge in [0.25, 0.3) is 0 Å². The largest absolute Gasteiger partial charge is 0.355 e. The Morgan fingerprint density at radius 2 is 1.84 bits per heavy atom. The van der Waals surface area contributed by atoms with Crippen LogP contribution in [0.3, 0.4) is 0 Å². The molecule has 0 spiro atoms. The number of benzene rings is 1. The second-order valence-corrected chi connectivity index (χ2v) is 4.82. The van der Waals surface area contributed by atoms with E-state index in [4.69, 9.17) is 0 Å². The second-order valence-electron chi connectivity index (χ2n) is 4.82. The standard InChI is InChI=1S/C16H26N2O/c1-2-3-7-13-18-16(19)14-17-12-8-11-15-9-5-4-6-10-15/h4-6,9-10,17H,2-3,7-8,11-14H2,1H3,(H,18,19). The minimum absolute atomic E-state index is 0.107. The maximum absolute atomic E-state index is 11.5. The lowest BCUT2D eigenvalue weighted by molar-refractivity contribution is -0.120. The van der Waals surface area contributed by atoms with Gasteiger partial charge in [-0.2, -0.15) is 0 Å². The van der Waals surface area contributed by atoms with Crippen LogP contribution in [0.5, 0.6) is 0 Å². The predicted molar refractivity (Wildman–Crippen MR) is 80.2 cm³/mol. The molecular formula is C16H26N2O. The summed E-state index contributed by atoms with van der Waals surface area (Å²) < 4.78 is 0. The van der Waals surface area contributed by atoms with Crippen molar-refractivity contribution in [2.45, 2.75) is 39.0 Å². The van der Waals surface area contributed by atoms with Crippen molar-refractivity contribution in [3.63, 3.8) is 0 Å². The first-order chi connectivity index (χ1) is 9.33. The van der Waals surface area contributed by atoms with Crippen LogP contribution in [0.25, 0.3) is 0 Å². The van der Waals surface area contributed by atoms with Gasteiger partial charge in [0.1, 0.15) is 0 Å². The Morgan fingerprint density at radius 1 is 1.05 bits per heavy atom. The lowest BCUT2D eigenvalue weighted by atomic mass is 10.1. The molecule has 1 amide bonds.